The van der Waals surface area contributed by atoms with Gasteiger partial charge >= 0.3 is 5.97 Å². The van der Waals surface area contributed by atoms with Crippen LogP contribution in [0.15, 0.2) is 24.3 Å². The highest BCUT2D eigenvalue weighted by atomic mass is 35.5. The molecule has 2 rings (SSSR count). The molecule has 92 valence electrons. The van der Waals surface area contributed by atoms with Crippen molar-refractivity contribution in [2.24, 2.45) is 5.73 Å². The van der Waals surface area contributed by atoms with Gasteiger partial charge in [0.05, 0.1) is 0 Å². The predicted octanol–water partition coefficient (Wildman–Crippen LogP) is 1.33. The molecule has 1 heterocycles. The van der Waals surface area contributed by atoms with Gasteiger partial charge in [-0.05, 0) is 18.1 Å². The zero-order chi connectivity index (χ0) is 12.4. The average molecular weight is 255 g/mol. The first kappa shape index (κ1) is 12.4. The molecule has 4 nitrogen and oxygen atoms in total. The molecule has 1 aliphatic rings. The second-order valence-corrected chi connectivity index (χ2v) is 4.78. The molecule has 0 saturated carbocycles. The lowest BCUT2D eigenvalue weighted by Crippen LogP contribution is -2.35. The fourth-order valence-electron chi connectivity index (χ4n) is 2.22. The molecule has 3 N–H and O–H groups in total. The zero-order valence-electron chi connectivity index (χ0n) is 9.34. The van der Waals surface area contributed by atoms with E-state index in [2.05, 4.69) is 0 Å². The summed E-state index contributed by atoms with van der Waals surface area (Å²) >= 11 is 6.06. The van der Waals surface area contributed by atoms with Crippen molar-refractivity contribution < 1.29 is 9.90 Å². The largest absolute Gasteiger partial charge is 0.480 e. The van der Waals surface area contributed by atoms with Crippen molar-refractivity contribution in [3.8, 4) is 0 Å². The molecular formula is C12H15ClN2O2. The van der Waals surface area contributed by atoms with Crippen LogP contribution in [0, 0.1) is 0 Å². The van der Waals surface area contributed by atoms with E-state index in [1.807, 2.05) is 29.2 Å². The molecule has 0 amide bonds. The quantitative estimate of drug-likeness (QED) is 0.854. The van der Waals surface area contributed by atoms with Crippen LogP contribution in [0.5, 0.6) is 0 Å². The third-order valence-corrected chi connectivity index (χ3v) is 3.42. The SMILES string of the molecule is NC1CC(C(=O)O)N(Cc2ccccc2Cl)C1. The van der Waals surface area contributed by atoms with Gasteiger partial charge in [-0.1, -0.05) is 29.8 Å². The molecule has 0 aromatic heterocycles. The topological polar surface area (TPSA) is 66.6 Å². The molecule has 17 heavy (non-hydrogen) atoms. The Bertz CT molecular complexity index is 425. The van der Waals surface area contributed by atoms with Crippen molar-refractivity contribution >= 4 is 17.6 Å². The van der Waals surface area contributed by atoms with Crippen LogP contribution >= 0.6 is 11.6 Å². The van der Waals surface area contributed by atoms with Crippen LogP contribution in [-0.4, -0.2) is 34.6 Å². The number of rotatable bonds is 3. The van der Waals surface area contributed by atoms with Gasteiger partial charge in [-0.2, -0.15) is 0 Å². The summed E-state index contributed by atoms with van der Waals surface area (Å²) in [6.45, 7) is 1.13. The molecule has 2 atom stereocenters. The van der Waals surface area contributed by atoms with Crippen LogP contribution in [0.4, 0.5) is 0 Å². The van der Waals surface area contributed by atoms with Gasteiger partial charge in [-0.15, -0.1) is 0 Å². The van der Waals surface area contributed by atoms with E-state index < -0.39 is 12.0 Å². The maximum atomic E-state index is 11.1. The number of likely N-dealkylation sites (tertiary alicyclic amines) is 1. The Morgan fingerprint density at radius 2 is 2.24 bits per heavy atom. The van der Waals surface area contributed by atoms with E-state index in [4.69, 9.17) is 22.4 Å². The van der Waals surface area contributed by atoms with Crippen LogP contribution < -0.4 is 5.73 Å². The van der Waals surface area contributed by atoms with Gasteiger partial charge in [-0.25, -0.2) is 0 Å². The second-order valence-electron chi connectivity index (χ2n) is 4.37. The molecule has 1 fully saturated rings. The van der Waals surface area contributed by atoms with Gasteiger partial charge in [0.25, 0.3) is 0 Å². The first-order valence-corrected chi connectivity index (χ1v) is 5.91. The Morgan fingerprint density at radius 1 is 1.53 bits per heavy atom. The number of nitrogens with two attached hydrogens (primary N) is 1. The summed E-state index contributed by atoms with van der Waals surface area (Å²) in [5.41, 5.74) is 6.75. The summed E-state index contributed by atoms with van der Waals surface area (Å²) in [7, 11) is 0. The Kier molecular flexibility index (Phi) is 3.66. The van der Waals surface area contributed by atoms with Crippen molar-refractivity contribution in [1.82, 2.24) is 4.90 Å². The number of hydrogen-bond acceptors (Lipinski definition) is 3. The lowest BCUT2D eigenvalue weighted by Gasteiger charge is -2.21. The molecule has 0 aliphatic carbocycles. The van der Waals surface area contributed by atoms with Crippen molar-refractivity contribution in [2.45, 2.75) is 25.0 Å². The van der Waals surface area contributed by atoms with Gasteiger partial charge in [-0.3, -0.25) is 9.69 Å². The van der Waals surface area contributed by atoms with Crippen LogP contribution in [0.2, 0.25) is 5.02 Å². The first-order valence-electron chi connectivity index (χ1n) is 5.54. The molecular weight excluding hydrogens is 240 g/mol. The maximum absolute atomic E-state index is 11.1. The van der Waals surface area contributed by atoms with Crippen LogP contribution in [0.3, 0.4) is 0 Å². The van der Waals surface area contributed by atoms with Crippen molar-refractivity contribution in [3.05, 3.63) is 34.9 Å². The summed E-state index contributed by atoms with van der Waals surface area (Å²) < 4.78 is 0. The first-order chi connectivity index (χ1) is 8.08. The maximum Gasteiger partial charge on any atom is 0.320 e. The van der Waals surface area contributed by atoms with E-state index in [1.54, 1.807) is 0 Å². The highest BCUT2D eigenvalue weighted by molar-refractivity contribution is 6.31. The number of hydrogen-bond donors (Lipinski definition) is 2. The van der Waals surface area contributed by atoms with E-state index in [0.717, 1.165) is 5.56 Å². The van der Waals surface area contributed by atoms with E-state index in [-0.39, 0.29) is 6.04 Å². The summed E-state index contributed by atoms with van der Waals surface area (Å²) in [4.78, 5) is 13.0. The second kappa shape index (κ2) is 5.04. The smallest absolute Gasteiger partial charge is 0.320 e. The zero-order valence-corrected chi connectivity index (χ0v) is 10.1. The van der Waals surface area contributed by atoms with E-state index in [1.165, 1.54) is 0 Å². The number of aliphatic carboxylic acids is 1. The lowest BCUT2D eigenvalue weighted by molar-refractivity contribution is -0.142. The van der Waals surface area contributed by atoms with Gasteiger partial charge < -0.3 is 10.8 Å². The van der Waals surface area contributed by atoms with E-state index >= 15 is 0 Å². The monoisotopic (exact) mass is 254 g/mol. The predicted molar refractivity (Wildman–Crippen MR) is 65.9 cm³/mol. The van der Waals surface area contributed by atoms with Crippen molar-refractivity contribution in [2.75, 3.05) is 6.54 Å². The number of carboxylic acid groups (broad SMARTS) is 1. The summed E-state index contributed by atoms with van der Waals surface area (Å²) in [5.74, 6) is -0.815. The van der Waals surface area contributed by atoms with E-state index in [0.29, 0.717) is 24.5 Å². The minimum Gasteiger partial charge on any atom is -0.480 e. The third kappa shape index (κ3) is 2.77. The molecule has 0 bridgehead atoms. The Morgan fingerprint density at radius 3 is 2.88 bits per heavy atom. The van der Waals surface area contributed by atoms with Crippen LogP contribution in [0.25, 0.3) is 0 Å². The number of carboxylic acids is 1. The minimum atomic E-state index is -0.815. The highest BCUT2D eigenvalue weighted by Gasteiger charge is 2.35. The highest BCUT2D eigenvalue weighted by Crippen LogP contribution is 2.23. The fraction of sp³-hybridized carbons (Fsp3) is 0.417. The Labute approximate surface area is 105 Å². The molecule has 5 heteroatoms. The number of benzene rings is 1. The number of nitrogens with zero attached hydrogens (tertiary/aromatic N) is 1. The summed E-state index contributed by atoms with van der Waals surface area (Å²) in [5, 5.41) is 9.78. The summed E-state index contributed by atoms with van der Waals surface area (Å²) in [6.07, 6.45) is 0.500. The third-order valence-electron chi connectivity index (χ3n) is 3.05. The molecule has 1 saturated heterocycles. The van der Waals surface area contributed by atoms with Gasteiger partial charge in [0, 0.05) is 24.2 Å². The molecule has 1 aliphatic heterocycles. The minimum absolute atomic E-state index is 0.0708. The molecule has 0 spiro atoms. The average Bonchev–Trinajstić information content (AvgIpc) is 2.63. The molecule has 2 unspecified atom stereocenters. The molecule has 1 aromatic carbocycles. The molecule has 0 radical (unpaired) electrons. The van der Waals surface area contributed by atoms with Gasteiger partial charge in [0.15, 0.2) is 0 Å². The Hall–Kier alpha value is -1.10. The van der Waals surface area contributed by atoms with Crippen LogP contribution in [-0.2, 0) is 11.3 Å². The molecule has 1 aromatic rings. The summed E-state index contributed by atoms with van der Waals surface area (Å²) in [6, 6.07) is 6.90. The van der Waals surface area contributed by atoms with Gasteiger partial charge in [0.1, 0.15) is 6.04 Å². The lowest BCUT2D eigenvalue weighted by atomic mass is 10.1. The van der Waals surface area contributed by atoms with Crippen LogP contribution in [0.1, 0.15) is 12.0 Å². The van der Waals surface area contributed by atoms with Crippen molar-refractivity contribution in [3.63, 3.8) is 0 Å². The normalized spacial score (nSPS) is 25.1. The number of halogens is 1. The standard InChI is InChI=1S/C12H15ClN2O2/c13-10-4-2-1-3-8(10)6-15-7-9(14)5-11(15)12(16)17/h1-4,9,11H,5-7,14H2,(H,16,17). The van der Waals surface area contributed by atoms with E-state index in [9.17, 15) is 4.79 Å². The van der Waals surface area contributed by atoms with Crippen molar-refractivity contribution in [1.29, 1.82) is 0 Å². The Balaban J connectivity index is 2.13. The fourth-order valence-corrected chi connectivity index (χ4v) is 2.41. The van der Waals surface area contributed by atoms with Gasteiger partial charge in [0.2, 0.25) is 0 Å². The number of carbonyl (C=O) groups is 1.